The van der Waals surface area contributed by atoms with Crippen molar-refractivity contribution in [2.45, 2.75) is 32.8 Å². The number of carbonyl (C=O) groups is 1. The molecule has 2 heterocycles. The van der Waals surface area contributed by atoms with Gasteiger partial charge in [-0.05, 0) is 50.5 Å². The molecule has 0 saturated heterocycles. The molecule has 3 rings (SSSR count). The SMILES string of the molecule is C/C1=N\c2c(cnn2C)C(=O)NC[C@H](C)Oc2ccc(F)cc2CC1. The quantitative estimate of drug-likeness (QED) is 0.799. The first-order valence-corrected chi connectivity index (χ1v) is 8.23. The van der Waals surface area contributed by atoms with E-state index in [4.69, 9.17) is 4.74 Å². The molecule has 0 radical (unpaired) electrons. The van der Waals surface area contributed by atoms with Crippen LogP contribution in [0.3, 0.4) is 0 Å². The fourth-order valence-electron chi connectivity index (χ4n) is 2.72. The number of carbonyl (C=O) groups excluding carboxylic acids is 1. The van der Waals surface area contributed by atoms with Gasteiger partial charge in [0.2, 0.25) is 0 Å². The van der Waals surface area contributed by atoms with Gasteiger partial charge in [0, 0.05) is 12.8 Å². The maximum absolute atomic E-state index is 13.6. The van der Waals surface area contributed by atoms with E-state index in [0.29, 0.717) is 36.5 Å². The summed E-state index contributed by atoms with van der Waals surface area (Å²) in [6.07, 6.45) is 2.48. The number of nitrogens with zero attached hydrogens (tertiary/aromatic N) is 3. The van der Waals surface area contributed by atoms with Crippen LogP contribution >= 0.6 is 0 Å². The Bertz CT molecular complexity index is 828. The molecule has 1 aliphatic rings. The van der Waals surface area contributed by atoms with Crippen molar-refractivity contribution in [2.24, 2.45) is 12.0 Å². The van der Waals surface area contributed by atoms with Crippen molar-refractivity contribution in [3.63, 3.8) is 0 Å². The molecule has 0 bridgehead atoms. The number of hydrogen-bond acceptors (Lipinski definition) is 4. The first-order chi connectivity index (χ1) is 11.9. The van der Waals surface area contributed by atoms with Gasteiger partial charge in [-0.3, -0.25) is 9.48 Å². The lowest BCUT2D eigenvalue weighted by molar-refractivity contribution is 0.0932. The summed E-state index contributed by atoms with van der Waals surface area (Å²) in [6, 6.07) is 4.50. The molecule has 0 fully saturated rings. The maximum Gasteiger partial charge on any atom is 0.256 e. The van der Waals surface area contributed by atoms with Gasteiger partial charge in [0.25, 0.3) is 5.91 Å². The number of ether oxygens (including phenoxy) is 1. The van der Waals surface area contributed by atoms with E-state index in [-0.39, 0.29) is 17.8 Å². The molecule has 7 heteroatoms. The molecule has 6 nitrogen and oxygen atoms in total. The molecular formula is C18H21FN4O2. The van der Waals surface area contributed by atoms with Crippen molar-refractivity contribution in [3.8, 4) is 5.75 Å². The van der Waals surface area contributed by atoms with Crippen LogP contribution in [0.4, 0.5) is 10.2 Å². The monoisotopic (exact) mass is 344 g/mol. The average molecular weight is 344 g/mol. The van der Waals surface area contributed by atoms with Gasteiger partial charge in [-0.2, -0.15) is 5.10 Å². The van der Waals surface area contributed by atoms with Crippen LogP contribution in [0.5, 0.6) is 5.75 Å². The molecule has 0 saturated carbocycles. The third-order valence-electron chi connectivity index (χ3n) is 4.11. The van der Waals surface area contributed by atoms with Crippen LogP contribution in [0.1, 0.15) is 36.2 Å². The Morgan fingerprint density at radius 2 is 2.16 bits per heavy atom. The third-order valence-corrected chi connectivity index (χ3v) is 4.11. The van der Waals surface area contributed by atoms with Gasteiger partial charge in [0.15, 0.2) is 5.82 Å². The van der Waals surface area contributed by atoms with Crippen LogP contribution in [-0.2, 0) is 13.5 Å². The minimum Gasteiger partial charge on any atom is -0.489 e. The van der Waals surface area contributed by atoms with Gasteiger partial charge >= 0.3 is 0 Å². The highest BCUT2D eigenvalue weighted by molar-refractivity contribution is 5.99. The minimum absolute atomic E-state index is 0.242. The molecule has 1 amide bonds. The summed E-state index contributed by atoms with van der Waals surface area (Å²) >= 11 is 0. The van der Waals surface area contributed by atoms with Crippen molar-refractivity contribution < 1.29 is 13.9 Å². The zero-order valence-corrected chi connectivity index (χ0v) is 14.5. The number of benzene rings is 1. The molecule has 2 aromatic rings. The van der Waals surface area contributed by atoms with E-state index in [1.165, 1.54) is 18.3 Å². The van der Waals surface area contributed by atoms with Gasteiger partial charge in [0.05, 0.1) is 12.7 Å². The van der Waals surface area contributed by atoms with Crippen molar-refractivity contribution in [1.82, 2.24) is 15.1 Å². The molecule has 0 aliphatic carbocycles. The summed E-state index contributed by atoms with van der Waals surface area (Å²) in [5.74, 6) is 0.612. The Balaban J connectivity index is 1.98. The summed E-state index contributed by atoms with van der Waals surface area (Å²) in [5.41, 5.74) is 2.05. The van der Waals surface area contributed by atoms with Crippen LogP contribution < -0.4 is 10.1 Å². The van der Waals surface area contributed by atoms with E-state index in [0.717, 1.165) is 11.3 Å². The van der Waals surface area contributed by atoms with E-state index in [1.54, 1.807) is 17.8 Å². The first kappa shape index (κ1) is 17.1. The highest BCUT2D eigenvalue weighted by Crippen LogP contribution is 2.24. The molecular weight excluding hydrogens is 323 g/mol. The van der Waals surface area contributed by atoms with Gasteiger partial charge < -0.3 is 10.1 Å². The largest absolute Gasteiger partial charge is 0.489 e. The normalized spacial score (nSPS) is 20.6. The zero-order valence-electron chi connectivity index (χ0n) is 14.5. The van der Waals surface area contributed by atoms with Crippen molar-refractivity contribution in [3.05, 3.63) is 41.3 Å². The summed E-state index contributed by atoms with van der Waals surface area (Å²) in [7, 11) is 1.75. The molecule has 1 aliphatic heterocycles. The first-order valence-electron chi connectivity index (χ1n) is 8.23. The molecule has 1 aromatic carbocycles. The number of fused-ring (bicyclic) bond motifs is 2. The topological polar surface area (TPSA) is 68.5 Å². The second kappa shape index (κ2) is 7.04. The summed E-state index contributed by atoms with van der Waals surface area (Å²) in [4.78, 5) is 17.0. The smallest absolute Gasteiger partial charge is 0.256 e. The fraction of sp³-hybridized carbons (Fsp3) is 0.389. The van der Waals surface area contributed by atoms with E-state index in [9.17, 15) is 9.18 Å². The molecule has 0 unspecified atom stereocenters. The number of hydrogen-bond donors (Lipinski definition) is 1. The van der Waals surface area contributed by atoms with Gasteiger partial charge in [-0.15, -0.1) is 0 Å². The molecule has 1 atom stereocenters. The highest BCUT2D eigenvalue weighted by atomic mass is 19.1. The molecule has 1 N–H and O–H groups in total. The Kier molecular flexibility index (Phi) is 4.83. The summed E-state index contributed by atoms with van der Waals surface area (Å²) < 4.78 is 21.1. The Hall–Kier alpha value is -2.70. The van der Waals surface area contributed by atoms with Crippen molar-refractivity contribution in [1.29, 1.82) is 0 Å². The van der Waals surface area contributed by atoms with Crippen LogP contribution in [0.15, 0.2) is 29.4 Å². The number of rotatable bonds is 0. The molecule has 132 valence electrons. The zero-order chi connectivity index (χ0) is 18.0. The van der Waals surface area contributed by atoms with Gasteiger partial charge in [-0.25, -0.2) is 9.38 Å². The standard InChI is InChI=1S/C18H21FN4O2/c1-11-4-5-13-8-14(19)6-7-16(13)25-12(2)9-20-18(24)15-10-21-23(3)17(15)22-11/h6-8,10,12H,4-5,9H2,1-3H3,(H,20,24)/b22-11+/t12-/m0/s1. The number of aromatic nitrogens is 2. The molecule has 1 aromatic heterocycles. The molecule has 25 heavy (non-hydrogen) atoms. The Labute approximate surface area is 145 Å². The number of amides is 1. The molecule has 0 spiro atoms. The van der Waals surface area contributed by atoms with Crippen molar-refractivity contribution >= 4 is 17.4 Å². The lowest BCUT2D eigenvalue weighted by atomic mass is 10.1. The minimum atomic E-state index is -0.295. The number of halogens is 1. The van der Waals surface area contributed by atoms with Gasteiger partial charge in [0.1, 0.15) is 23.2 Å². The van der Waals surface area contributed by atoms with Crippen LogP contribution in [0, 0.1) is 5.82 Å². The van der Waals surface area contributed by atoms with E-state index >= 15 is 0 Å². The van der Waals surface area contributed by atoms with E-state index in [1.807, 2.05) is 13.8 Å². The Morgan fingerprint density at radius 1 is 1.36 bits per heavy atom. The average Bonchev–Trinajstić information content (AvgIpc) is 2.93. The van der Waals surface area contributed by atoms with Crippen LogP contribution in [0.2, 0.25) is 0 Å². The third kappa shape index (κ3) is 3.87. The number of aryl methyl sites for hydroxylation is 2. The van der Waals surface area contributed by atoms with E-state index < -0.39 is 0 Å². The van der Waals surface area contributed by atoms with Crippen molar-refractivity contribution in [2.75, 3.05) is 6.54 Å². The van der Waals surface area contributed by atoms with Gasteiger partial charge in [-0.1, -0.05) is 0 Å². The second-order valence-electron chi connectivity index (χ2n) is 6.24. The maximum atomic E-state index is 13.6. The summed E-state index contributed by atoms with van der Waals surface area (Å²) in [6.45, 7) is 4.07. The predicted molar refractivity (Wildman–Crippen MR) is 93.1 cm³/mol. The predicted octanol–water partition coefficient (Wildman–Crippen LogP) is 2.80. The lowest BCUT2D eigenvalue weighted by Crippen LogP contribution is -2.33. The fourth-order valence-corrected chi connectivity index (χ4v) is 2.72. The lowest BCUT2D eigenvalue weighted by Gasteiger charge is -2.18. The Morgan fingerprint density at radius 3 is 2.96 bits per heavy atom. The summed E-state index contributed by atoms with van der Waals surface area (Å²) in [5, 5.41) is 6.96. The van der Waals surface area contributed by atoms with Crippen LogP contribution in [-0.4, -0.2) is 34.0 Å². The van der Waals surface area contributed by atoms with E-state index in [2.05, 4.69) is 15.4 Å². The highest BCUT2D eigenvalue weighted by Gasteiger charge is 2.18. The van der Waals surface area contributed by atoms with Crippen LogP contribution in [0.25, 0.3) is 0 Å². The number of aliphatic imine (C=N–C) groups is 1. The second-order valence-corrected chi connectivity index (χ2v) is 6.24. The number of nitrogens with one attached hydrogen (secondary N) is 1.